The molecule has 0 aliphatic carbocycles. The maximum absolute atomic E-state index is 9.61. The van der Waals surface area contributed by atoms with Crippen molar-refractivity contribution in [2.45, 2.75) is 13.0 Å². The van der Waals surface area contributed by atoms with Gasteiger partial charge >= 0.3 is 0 Å². The van der Waals surface area contributed by atoms with Crippen molar-refractivity contribution in [1.82, 2.24) is 5.32 Å². The number of halogens is 1. The summed E-state index contributed by atoms with van der Waals surface area (Å²) in [5.41, 5.74) is 0.903. The van der Waals surface area contributed by atoms with Gasteiger partial charge in [0.05, 0.1) is 0 Å². The lowest BCUT2D eigenvalue weighted by Crippen LogP contribution is -2.16. The molecule has 0 spiro atoms. The fraction of sp³-hybridized carbons (Fsp3) is 0.500. The third-order valence-corrected chi connectivity index (χ3v) is 3.79. The number of phenolic OH excluding ortho intramolecular Hbond substituents is 1. The molecule has 17 heavy (non-hydrogen) atoms. The minimum absolute atomic E-state index is 0.270. The van der Waals surface area contributed by atoms with E-state index >= 15 is 0 Å². The summed E-state index contributed by atoms with van der Waals surface area (Å²) in [5.74, 6) is 2.35. The van der Waals surface area contributed by atoms with Crippen LogP contribution in [0.2, 0.25) is 0 Å². The van der Waals surface area contributed by atoms with E-state index in [2.05, 4.69) is 21.2 Å². The number of benzene rings is 1. The zero-order chi connectivity index (χ0) is 12.5. The molecule has 0 unspecified atom stereocenters. The first kappa shape index (κ1) is 14.8. The first-order chi connectivity index (χ1) is 8.24. The molecule has 0 amide bonds. The Bertz CT molecular complexity index is 336. The number of hydrogen-bond donors (Lipinski definition) is 3. The van der Waals surface area contributed by atoms with Crippen LogP contribution in [0.1, 0.15) is 12.0 Å². The second kappa shape index (κ2) is 8.80. The van der Waals surface area contributed by atoms with E-state index in [9.17, 15) is 5.11 Å². The van der Waals surface area contributed by atoms with Gasteiger partial charge < -0.3 is 15.5 Å². The quantitative estimate of drug-likeness (QED) is 0.644. The Morgan fingerprint density at radius 1 is 1.29 bits per heavy atom. The standard InChI is InChI=1S/C12H18BrNO2S/c13-11-2-3-12(16)10(8-11)9-14-4-7-17-6-1-5-15/h2-3,8,14-16H,1,4-7,9H2. The maximum atomic E-state index is 9.61. The average molecular weight is 320 g/mol. The van der Waals surface area contributed by atoms with Gasteiger partial charge in [0.15, 0.2) is 0 Å². The minimum atomic E-state index is 0.270. The molecule has 0 bridgehead atoms. The van der Waals surface area contributed by atoms with Gasteiger partial charge in [-0.3, -0.25) is 0 Å². The minimum Gasteiger partial charge on any atom is -0.508 e. The average Bonchev–Trinajstić information content (AvgIpc) is 2.32. The van der Waals surface area contributed by atoms with Crippen LogP contribution in [0.4, 0.5) is 0 Å². The van der Waals surface area contributed by atoms with Gasteiger partial charge in [-0.1, -0.05) is 15.9 Å². The van der Waals surface area contributed by atoms with Crippen molar-refractivity contribution in [1.29, 1.82) is 0 Å². The Balaban J connectivity index is 2.15. The van der Waals surface area contributed by atoms with Gasteiger partial charge in [0.25, 0.3) is 0 Å². The Hall–Kier alpha value is -0.230. The predicted molar refractivity (Wildman–Crippen MR) is 76.5 cm³/mol. The van der Waals surface area contributed by atoms with Crippen LogP contribution in [0.15, 0.2) is 22.7 Å². The van der Waals surface area contributed by atoms with Gasteiger partial charge in [0.1, 0.15) is 5.75 Å². The first-order valence-electron chi connectivity index (χ1n) is 5.60. The van der Waals surface area contributed by atoms with Crippen LogP contribution < -0.4 is 5.32 Å². The molecule has 1 aromatic carbocycles. The Kier molecular flexibility index (Phi) is 7.68. The van der Waals surface area contributed by atoms with Crippen molar-refractivity contribution < 1.29 is 10.2 Å². The highest BCUT2D eigenvalue weighted by atomic mass is 79.9. The van der Waals surface area contributed by atoms with Crippen LogP contribution in [-0.2, 0) is 6.54 Å². The molecule has 0 fully saturated rings. The van der Waals surface area contributed by atoms with Crippen molar-refractivity contribution >= 4 is 27.7 Å². The van der Waals surface area contributed by atoms with Crippen molar-refractivity contribution in [3.05, 3.63) is 28.2 Å². The topological polar surface area (TPSA) is 52.5 Å². The molecule has 5 heteroatoms. The lowest BCUT2D eigenvalue weighted by Gasteiger charge is -2.07. The van der Waals surface area contributed by atoms with Crippen LogP contribution >= 0.6 is 27.7 Å². The third kappa shape index (κ3) is 6.31. The summed E-state index contributed by atoms with van der Waals surface area (Å²) in [6.45, 7) is 1.85. The molecule has 3 N–H and O–H groups in total. The van der Waals surface area contributed by atoms with E-state index in [0.29, 0.717) is 12.3 Å². The SMILES string of the molecule is OCCCSCCNCc1cc(Br)ccc1O. The number of aliphatic hydroxyl groups is 1. The van der Waals surface area contributed by atoms with E-state index < -0.39 is 0 Å². The normalized spacial score (nSPS) is 10.7. The van der Waals surface area contributed by atoms with Crippen LogP contribution in [0, 0.1) is 0 Å². The van der Waals surface area contributed by atoms with Crippen LogP contribution in [-0.4, -0.2) is 34.9 Å². The van der Waals surface area contributed by atoms with Gasteiger partial charge in [-0.15, -0.1) is 0 Å². The summed E-state index contributed by atoms with van der Waals surface area (Å²) >= 11 is 5.21. The van der Waals surface area contributed by atoms with Crippen molar-refractivity contribution in [3.63, 3.8) is 0 Å². The summed E-state index contributed by atoms with van der Waals surface area (Å²) in [6, 6.07) is 5.43. The second-order valence-electron chi connectivity index (χ2n) is 3.64. The largest absolute Gasteiger partial charge is 0.508 e. The van der Waals surface area contributed by atoms with Crippen LogP contribution in [0.3, 0.4) is 0 Å². The van der Waals surface area contributed by atoms with E-state index in [1.165, 1.54) is 0 Å². The van der Waals surface area contributed by atoms with Gasteiger partial charge in [-0.25, -0.2) is 0 Å². The number of aliphatic hydroxyl groups excluding tert-OH is 1. The van der Waals surface area contributed by atoms with E-state index in [1.807, 2.05) is 23.9 Å². The Morgan fingerprint density at radius 2 is 2.12 bits per heavy atom. The molecule has 0 atom stereocenters. The highest BCUT2D eigenvalue weighted by molar-refractivity contribution is 9.10. The third-order valence-electron chi connectivity index (χ3n) is 2.23. The zero-order valence-corrected chi connectivity index (χ0v) is 12.1. The molecule has 0 aliphatic heterocycles. The summed E-state index contributed by atoms with van der Waals surface area (Å²) in [4.78, 5) is 0. The van der Waals surface area contributed by atoms with Crippen LogP contribution in [0.5, 0.6) is 5.75 Å². The van der Waals surface area contributed by atoms with Crippen molar-refractivity contribution in [3.8, 4) is 5.75 Å². The lowest BCUT2D eigenvalue weighted by molar-refractivity contribution is 0.296. The molecule has 3 nitrogen and oxygen atoms in total. The fourth-order valence-corrected chi connectivity index (χ4v) is 2.57. The molecule has 1 rings (SSSR count). The van der Waals surface area contributed by atoms with E-state index in [4.69, 9.17) is 5.11 Å². The molecule has 96 valence electrons. The van der Waals surface area contributed by atoms with Gasteiger partial charge in [0.2, 0.25) is 0 Å². The zero-order valence-electron chi connectivity index (χ0n) is 9.66. The smallest absolute Gasteiger partial charge is 0.120 e. The van der Waals surface area contributed by atoms with E-state index in [0.717, 1.165) is 34.5 Å². The lowest BCUT2D eigenvalue weighted by atomic mass is 10.2. The molecule has 1 aromatic rings. The number of hydrogen-bond acceptors (Lipinski definition) is 4. The van der Waals surface area contributed by atoms with Crippen molar-refractivity contribution in [2.75, 3.05) is 24.7 Å². The molecule has 0 aromatic heterocycles. The highest BCUT2D eigenvalue weighted by Crippen LogP contribution is 2.21. The number of rotatable bonds is 8. The summed E-state index contributed by atoms with van der Waals surface area (Å²) in [6.07, 6.45) is 0.858. The summed E-state index contributed by atoms with van der Waals surface area (Å²) in [7, 11) is 0. The molecule has 0 saturated carbocycles. The number of aromatic hydroxyl groups is 1. The van der Waals surface area contributed by atoms with Gasteiger partial charge in [0, 0.05) is 35.5 Å². The predicted octanol–water partition coefficient (Wildman–Crippen LogP) is 2.36. The Labute approximate surface area is 115 Å². The molecule has 0 aliphatic rings. The van der Waals surface area contributed by atoms with E-state index in [1.54, 1.807) is 6.07 Å². The molecule has 0 saturated heterocycles. The fourth-order valence-electron chi connectivity index (χ4n) is 1.33. The molecular formula is C12H18BrNO2S. The van der Waals surface area contributed by atoms with Crippen molar-refractivity contribution in [2.24, 2.45) is 0 Å². The summed E-state index contributed by atoms with van der Waals surface area (Å²) < 4.78 is 0.976. The maximum Gasteiger partial charge on any atom is 0.120 e. The monoisotopic (exact) mass is 319 g/mol. The number of phenols is 1. The molecule has 0 radical (unpaired) electrons. The van der Waals surface area contributed by atoms with Crippen LogP contribution in [0.25, 0.3) is 0 Å². The summed E-state index contributed by atoms with van der Waals surface area (Å²) in [5, 5.41) is 21.5. The Morgan fingerprint density at radius 3 is 2.88 bits per heavy atom. The molecule has 0 heterocycles. The number of nitrogens with one attached hydrogen (secondary N) is 1. The van der Waals surface area contributed by atoms with E-state index in [-0.39, 0.29) is 6.61 Å². The van der Waals surface area contributed by atoms with Gasteiger partial charge in [-0.05, 0) is 30.4 Å². The first-order valence-corrected chi connectivity index (χ1v) is 7.55. The highest BCUT2D eigenvalue weighted by Gasteiger charge is 2.00. The molecular weight excluding hydrogens is 302 g/mol. The number of thioether (sulfide) groups is 1. The van der Waals surface area contributed by atoms with Gasteiger partial charge in [-0.2, -0.15) is 11.8 Å². The second-order valence-corrected chi connectivity index (χ2v) is 5.78.